The van der Waals surface area contributed by atoms with Crippen LogP contribution in [0.15, 0.2) is 44.5 Å². The summed E-state index contributed by atoms with van der Waals surface area (Å²) in [4.78, 5) is 48.3. The monoisotopic (exact) mass is 567 g/mol. The van der Waals surface area contributed by atoms with Crippen molar-refractivity contribution in [3.8, 4) is 0 Å². The summed E-state index contributed by atoms with van der Waals surface area (Å²) in [6.07, 6.45) is 3.26. The zero-order chi connectivity index (χ0) is 26.0. The molecule has 0 bridgehead atoms. The number of hydrogen-bond acceptors (Lipinski definition) is 13. The third-order valence-corrected chi connectivity index (χ3v) is 9.46. The number of carbonyl (C=O) groups excluding carboxylic acids is 2. The fourth-order valence-corrected chi connectivity index (χ4v) is 7.55. The van der Waals surface area contributed by atoms with E-state index in [1.165, 1.54) is 45.6 Å². The van der Waals surface area contributed by atoms with Crippen molar-refractivity contribution in [2.24, 2.45) is 10.9 Å². The van der Waals surface area contributed by atoms with Gasteiger partial charge in [-0.3, -0.25) is 19.5 Å². The second-order valence-electron chi connectivity index (χ2n) is 7.35. The smallest absolute Gasteiger partial charge is 0.353 e. The van der Waals surface area contributed by atoms with E-state index in [1.54, 1.807) is 18.5 Å². The van der Waals surface area contributed by atoms with Crippen LogP contribution < -0.4 is 16.8 Å². The van der Waals surface area contributed by atoms with Crippen LogP contribution in [0.1, 0.15) is 23.6 Å². The molecule has 1 fully saturated rings. The summed E-state index contributed by atoms with van der Waals surface area (Å²) in [5, 5.41) is 25.4. The molecule has 2 aromatic rings. The highest BCUT2D eigenvalue weighted by Gasteiger charge is 2.54. The Morgan fingerprint density at radius 1 is 1.44 bits per heavy atom. The number of nitrogens with one attached hydrogen (secondary N) is 1. The molecule has 2 aliphatic heterocycles. The normalized spacial score (nSPS) is 20.6. The lowest BCUT2D eigenvalue weighted by atomic mass is 10.0. The first kappa shape index (κ1) is 26.3. The van der Waals surface area contributed by atoms with Crippen LogP contribution >= 0.6 is 46.6 Å². The van der Waals surface area contributed by atoms with Gasteiger partial charge in [0.05, 0.1) is 5.37 Å². The Kier molecular flexibility index (Phi) is 8.09. The van der Waals surface area contributed by atoms with Crippen molar-refractivity contribution < 1.29 is 24.7 Å². The van der Waals surface area contributed by atoms with Gasteiger partial charge in [-0.1, -0.05) is 23.8 Å². The second-order valence-corrected chi connectivity index (χ2v) is 11.9. The van der Waals surface area contributed by atoms with Gasteiger partial charge in [-0.05, 0) is 11.8 Å². The number of anilines is 1. The van der Waals surface area contributed by atoms with Crippen LogP contribution in [0.2, 0.25) is 0 Å². The van der Waals surface area contributed by atoms with Crippen molar-refractivity contribution in [2.45, 2.75) is 28.6 Å². The maximum atomic E-state index is 13.0. The number of fused-ring (bicyclic) bond motifs is 1. The summed E-state index contributed by atoms with van der Waals surface area (Å²) in [6.45, 7) is 1.99. The van der Waals surface area contributed by atoms with Crippen LogP contribution in [-0.2, 0) is 14.4 Å². The van der Waals surface area contributed by atoms with Crippen LogP contribution in [-0.4, -0.2) is 71.6 Å². The van der Waals surface area contributed by atoms with Crippen molar-refractivity contribution >= 4 is 75.2 Å². The van der Waals surface area contributed by atoms with Crippen LogP contribution in [0.4, 0.5) is 5.13 Å². The molecule has 7 N–H and O–H groups in total. The highest BCUT2D eigenvalue weighted by atomic mass is 32.2. The van der Waals surface area contributed by atoms with Gasteiger partial charge in [-0.15, -0.1) is 34.9 Å². The molecule has 16 heteroatoms. The summed E-state index contributed by atoms with van der Waals surface area (Å²) in [5.74, 6) is -1.56. The van der Waals surface area contributed by atoms with Gasteiger partial charge in [0.25, 0.3) is 11.8 Å². The predicted octanol–water partition coefficient (Wildman–Crippen LogP) is 1.50. The molecule has 1 unspecified atom stereocenters. The topological polar surface area (TPSA) is 197 Å². The van der Waals surface area contributed by atoms with Crippen LogP contribution in [0.3, 0.4) is 0 Å². The molecule has 36 heavy (non-hydrogen) atoms. The Bertz CT molecular complexity index is 1270. The first-order valence-electron chi connectivity index (χ1n) is 10.4. The number of nitrogen functional groups attached to an aromatic ring is 1. The summed E-state index contributed by atoms with van der Waals surface area (Å²) in [6, 6.07) is 0.767. The number of oxime groups is 1. The molecule has 4 heterocycles. The third-order valence-electron chi connectivity index (χ3n) is 5.20. The predicted molar refractivity (Wildman–Crippen MR) is 140 cm³/mol. The molecule has 3 atom stereocenters. The number of rotatable bonds is 9. The number of carboxylic acid groups (broad SMARTS) is 1. The molecule has 190 valence electrons. The standard InChI is InChI=1S/C20H21N7O5S4/c1-2-33-15(21)8-5-23-4-3-10(8)36-11-7-34-18-13(17(29)27(18)14(11)19(30)31)25-16(28)12(26-32)9-6-35-20(22)24-9/h3-6,13,15,18,32H,2,7,21H2,1H3,(H2,22,24)(H,25,28)(H,30,31)/b26-12-/t13-,15?,18+/m1/s1. The number of nitrogens with zero attached hydrogens (tertiary/aromatic N) is 4. The Morgan fingerprint density at radius 2 is 2.22 bits per heavy atom. The number of hydrogen-bond donors (Lipinski definition) is 5. The number of carboxylic acids is 1. The Hall–Kier alpha value is -2.79. The molecule has 1 saturated heterocycles. The highest BCUT2D eigenvalue weighted by Crippen LogP contribution is 2.46. The van der Waals surface area contributed by atoms with Gasteiger partial charge in [0, 0.05) is 38.9 Å². The molecule has 2 aliphatic rings. The van der Waals surface area contributed by atoms with Gasteiger partial charge in [0.2, 0.25) is 0 Å². The van der Waals surface area contributed by atoms with E-state index >= 15 is 0 Å². The molecule has 0 aromatic carbocycles. The number of amides is 2. The molecule has 0 saturated carbocycles. The van der Waals surface area contributed by atoms with E-state index in [1.807, 2.05) is 6.92 Å². The van der Waals surface area contributed by atoms with E-state index in [0.29, 0.717) is 10.7 Å². The first-order chi connectivity index (χ1) is 17.3. The maximum absolute atomic E-state index is 13.0. The SMILES string of the molecule is CCSC(N)c1cnccc1SC1=C(C(=O)O)N2C(=O)[C@@H](NC(=O)/C(=N\O)c3csc(N)n3)[C@@H]2SC1. The minimum Gasteiger partial charge on any atom is -0.477 e. The average molecular weight is 568 g/mol. The average Bonchev–Trinajstić information content (AvgIpc) is 3.28. The van der Waals surface area contributed by atoms with Gasteiger partial charge in [-0.25, -0.2) is 9.78 Å². The number of pyridine rings is 1. The number of thioether (sulfide) groups is 3. The van der Waals surface area contributed by atoms with E-state index in [2.05, 4.69) is 20.4 Å². The van der Waals surface area contributed by atoms with E-state index in [4.69, 9.17) is 11.5 Å². The van der Waals surface area contributed by atoms with E-state index in [9.17, 15) is 24.7 Å². The lowest BCUT2D eigenvalue weighted by Gasteiger charge is -2.49. The zero-order valence-electron chi connectivity index (χ0n) is 18.7. The van der Waals surface area contributed by atoms with Crippen molar-refractivity contribution in [2.75, 3.05) is 17.2 Å². The van der Waals surface area contributed by atoms with E-state index in [0.717, 1.165) is 27.5 Å². The van der Waals surface area contributed by atoms with Crippen molar-refractivity contribution in [3.05, 3.63) is 45.7 Å². The maximum Gasteiger partial charge on any atom is 0.353 e. The Morgan fingerprint density at radius 3 is 2.86 bits per heavy atom. The van der Waals surface area contributed by atoms with Gasteiger partial charge in [-0.2, -0.15) is 0 Å². The minimum absolute atomic E-state index is 0.0647. The largest absolute Gasteiger partial charge is 0.477 e. The second kappa shape index (κ2) is 11.1. The van der Waals surface area contributed by atoms with Crippen molar-refractivity contribution in [1.29, 1.82) is 0 Å². The fraction of sp³-hybridized carbons (Fsp3) is 0.300. The van der Waals surface area contributed by atoms with Crippen molar-refractivity contribution in [1.82, 2.24) is 20.2 Å². The van der Waals surface area contributed by atoms with Crippen LogP contribution in [0.25, 0.3) is 0 Å². The van der Waals surface area contributed by atoms with Gasteiger partial charge < -0.3 is 27.1 Å². The van der Waals surface area contributed by atoms with Gasteiger partial charge in [0.1, 0.15) is 22.8 Å². The number of carbonyl (C=O) groups is 3. The summed E-state index contributed by atoms with van der Waals surface area (Å²) >= 11 is 5.15. The first-order valence-corrected chi connectivity index (χ1v) is 14.2. The molecule has 12 nitrogen and oxygen atoms in total. The molecule has 0 spiro atoms. The summed E-state index contributed by atoms with van der Waals surface area (Å²) in [7, 11) is 0. The fourth-order valence-electron chi connectivity index (χ4n) is 3.59. The Labute approximate surface area is 222 Å². The van der Waals surface area contributed by atoms with Crippen LogP contribution in [0, 0.1) is 0 Å². The number of β-lactam (4-membered cyclic amide) rings is 1. The van der Waals surface area contributed by atoms with E-state index in [-0.39, 0.29) is 21.9 Å². The van der Waals surface area contributed by atoms with Crippen molar-refractivity contribution in [3.63, 3.8) is 0 Å². The van der Waals surface area contributed by atoms with Gasteiger partial charge >= 0.3 is 5.97 Å². The van der Waals surface area contributed by atoms with Crippen LogP contribution in [0.5, 0.6) is 0 Å². The molecule has 0 radical (unpaired) electrons. The summed E-state index contributed by atoms with van der Waals surface area (Å²) < 4.78 is 0. The summed E-state index contributed by atoms with van der Waals surface area (Å²) in [5.41, 5.74) is 12.1. The number of aliphatic carboxylic acids is 1. The number of aromatic nitrogens is 2. The molecule has 4 rings (SSSR count). The van der Waals surface area contributed by atoms with E-state index < -0.39 is 34.9 Å². The molecule has 0 aliphatic carbocycles. The van der Waals surface area contributed by atoms with Gasteiger partial charge in [0.15, 0.2) is 10.8 Å². The highest BCUT2D eigenvalue weighted by molar-refractivity contribution is 8.06. The molecular weight excluding hydrogens is 547 g/mol. The number of nitrogens with two attached hydrogens (primary N) is 2. The molecule has 2 aromatic heterocycles. The lowest BCUT2D eigenvalue weighted by Crippen LogP contribution is -2.71. The zero-order valence-corrected chi connectivity index (χ0v) is 21.9. The lowest BCUT2D eigenvalue weighted by molar-refractivity contribution is -0.150. The third kappa shape index (κ3) is 5.04. The Balaban J connectivity index is 1.54. The molecular formula is C20H21N7O5S4. The minimum atomic E-state index is -1.25. The quantitative estimate of drug-likeness (QED) is 0.0964. The number of thiazole rings is 1. The molecule has 2 amide bonds.